The number of benzene rings is 1. The first-order valence-electron chi connectivity index (χ1n) is 7.62. The Balaban J connectivity index is 1.94. The molecule has 0 aliphatic carbocycles. The molecular formula is C19H18N2O2. The lowest BCUT2D eigenvalue weighted by Gasteiger charge is -2.17. The maximum atomic E-state index is 12.6. The fourth-order valence-electron chi connectivity index (χ4n) is 2.74. The van der Waals surface area contributed by atoms with Crippen molar-refractivity contribution in [2.75, 3.05) is 0 Å². The van der Waals surface area contributed by atoms with Gasteiger partial charge in [-0.3, -0.25) is 9.59 Å². The number of amides is 1. The average Bonchev–Trinajstić information content (AvgIpc) is 2.88. The first-order chi connectivity index (χ1) is 11.0. The number of fused-ring (bicyclic) bond motifs is 2. The summed E-state index contributed by atoms with van der Waals surface area (Å²) in [6.45, 7) is 7.90. The van der Waals surface area contributed by atoms with Gasteiger partial charge in [-0.1, -0.05) is 31.7 Å². The predicted molar refractivity (Wildman–Crippen MR) is 90.4 cm³/mol. The van der Waals surface area contributed by atoms with Crippen molar-refractivity contribution in [2.45, 2.75) is 26.8 Å². The molecule has 3 rings (SSSR count). The predicted octanol–water partition coefficient (Wildman–Crippen LogP) is 3.47. The molecule has 0 bridgehead atoms. The van der Waals surface area contributed by atoms with Crippen molar-refractivity contribution in [3.8, 4) is 0 Å². The molecular weight excluding hydrogens is 288 g/mol. The summed E-state index contributed by atoms with van der Waals surface area (Å²) in [6, 6.07) is 9.89. The van der Waals surface area contributed by atoms with Crippen LogP contribution >= 0.6 is 0 Å². The lowest BCUT2D eigenvalue weighted by molar-refractivity contribution is -0.124. The van der Waals surface area contributed by atoms with Crippen LogP contribution in [-0.2, 0) is 16.1 Å². The van der Waals surface area contributed by atoms with E-state index in [1.807, 2.05) is 30.3 Å². The van der Waals surface area contributed by atoms with Crippen LogP contribution < -0.4 is 0 Å². The molecule has 0 unspecified atom stereocenters. The molecule has 1 aliphatic rings. The molecule has 0 N–H and O–H groups in total. The molecule has 0 atom stereocenters. The van der Waals surface area contributed by atoms with Gasteiger partial charge in [-0.2, -0.15) is 0 Å². The highest BCUT2D eigenvalue weighted by molar-refractivity contribution is 6.04. The number of allylic oxidation sites excluding steroid dienone is 1. The molecule has 116 valence electrons. The highest BCUT2D eigenvalue weighted by atomic mass is 16.2. The number of hydrogen-bond acceptors (Lipinski definition) is 3. The first kappa shape index (κ1) is 15.2. The maximum Gasteiger partial charge on any atom is 0.254 e. The second-order valence-corrected chi connectivity index (χ2v) is 5.67. The van der Waals surface area contributed by atoms with E-state index in [1.54, 1.807) is 18.7 Å². The third kappa shape index (κ3) is 2.68. The summed E-state index contributed by atoms with van der Waals surface area (Å²) in [5.74, 6) is -0.249. The van der Waals surface area contributed by atoms with E-state index in [1.165, 1.54) is 6.08 Å². The Hall–Kier alpha value is -2.75. The summed E-state index contributed by atoms with van der Waals surface area (Å²) in [4.78, 5) is 30.3. The maximum absolute atomic E-state index is 12.6. The highest BCUT2D eigenvalue weighted by Gasteiger charge is 2.29. The van der Waals surface area contributed by atoms with Gasteiger partial charge in [0, 0.05) is 22.9 Å². The molecule has 1 aromatic heterocycles. The molecule has 1 aromatic carbocycles. The molecule has 0 saturated heterocycles. The number of rotatable bonds is 3. The highest BCUT2D eigenvalue weighted by Crippen LogP contribution is 2.33. The van der Waals surface area contributed by atoms with Gasteiger partial charge in [0.05, 0.1) is 23.5 Å². The SMILES string of the molecule is C=C1c2nc3ccccc3cc2CN1C(=O)/C(C)=C/C(=O)CC. The van der Waals surface area contributed by atoms with Crippen LogP contribution in [0.25, 0.3) is 16.6 Å². The molecule has 0 saturated carbocycles. The summed E-state index contributed by atoms with van der Waals surface area (Å²) in [5, 5.41) is 1.04. The van der Waals surface area contributed by atoms with Crippen molar-refractivity contribution in [3.05, 3.63) is 59.8 Å². The zero-order valence-electron chi connectivity index (χ0n) is 13.3. The molecule has 0 fully saturated rings. The van der Waals surface area contributed by atoms with Gasteiger partial charge >= 0.3 is 0 Å². The van der Waals surface area contributed by atoms with Gasteiger partial charge in [0.1, 0.15) is 0 Å². The van der Waals surface area contributed by atoms with Gasteiger partial charge < -0.3 is 4.90 Å². The van der Waals surface area contributed by atoms with Crippen molar-refractivity contribution in [2.24, 2.45) is 0 Å². The fourth-order valence-corrected chi connectivity index (χ4v) is 2.74. The summed E-state index contributed by atoms with van der Waals surface area (Å²) in [5.41, 5.74) is 3.64. The van der Waals surface area contributed by atoms with Gasteiger partial charge in [-0.05, 0) is 25.1 Å². The lowest BCUT2D eigenvalue weighted by Crippen LogP contribution is -2.25. The topological polar surface area (TPSA) is 50.3 Å². The van der Waals surface area contributed by atoms with Crippen molar-refractivity contribution >= 4 is 28.3 Å². The normalized spacial score (nSPS) is 14.3. The van der Waals surface area contributed by atoms with E-state index < -0.39 is 0 Å². The Morgan fingerprint density at radius 2 is 2.09 bits per heavy atom. The third-order valence-corrected chi connectivity index (χ3v) is 4.04. The van der Waals surface area contributed by atoms with E-state index in [0.717, 1.165) is 22.2 Å². The van der Waals surface area contributed by atoms with Crippen LogP contribution in [-0.4, -0.2) is 21.6 Å². The van der Waals surface area contributed by atoms with Gasteiger partial charge in [0.25, 0.3) is 5.91 Å². The van der Waals surface area contributed by atoms with Crippen molar-refractivity contribution in [3.63, 3.8) is 0 Å². The molecule has 0 radical (unpaired) electrons. The Kier molecular flexibility index (Phi) is 3.82. The quantitative estimate of drug-likeness (QED) is 0.816. The average molecular weight is 306 g/mol. The Bertz CT molecular complexity index is 865. The molecule has 1 amide bonds. The standard InChI is InChI=1S/C19H18N2O2/c1-4-16(22)9-12(2)19(23)21-11-15-10-14-7-5-6-8-17(14)20-18(15)13(21)3/h5-10H,3-4,11H2,1-2H3/b12-9+. The van der Waals surface area contributed by atoms with E-state index in [4.69, 9.17) is 0 Å². The molecule has 1 aliphatic heterocycles. The minimum atomic E-state index is -0.196. The molecule has 4 nitrogen and oxygen atoms in total. The number of carbonyl (C=O) groups excluding carboxylic acids is 2. The van der Waals surface area contributed by atoms with Gasteiger partial charge in [-0.25, -0.2) is 4.98 Å². The largest absolute Gasteiger partial charge is 0.303 e. The number of ketones is 1. The first-order valence-corrected chi connectivity index (χ1v) is 7.62. The van der Waals surface area contributed by atoms with Gasteiger partial charge in [-0.15, -0.1) is 0 Å². The summed E-state index contributed by atoms with van der Waals surface area (Å²) in [7, 11) is 0. The Morgan fingerprint density at radius 3 is 2.83 bits per heavy atom. The number of hydrogen-bond donors (Lipinski definition) is 0. The summed E-state index contributed by atoms with van der Waals surface area (Å²) in [6.07, 6.45) is 1.79. The number of pyridine rings is 1. The van der Waals surface area contributed by atoms with Crippen LogP contribution in [0.1, 0.15) is 31.5 Å². The molecule has 23 heavy (non-hydrogen) atoms. The van der Waals surface area contributed by atoms with Crippen molar-refractivity contribution in [1.29, 1.82) is 0 Å². The zero-order chi connectivity index (χ0) is 16.6. The monoisotopic (exact) mass is 306 g/mol. The van der Waals surface area contributed by atoms with Crippen molar-refractivity contribution in [1.82, 2.24) is 9.88 Å². The Morgan fingerprint density at radius 1 is 1.35 bits per heavy atom. The molecule has 2 aromatic rings. The van der Waals surface area contributed by atoms with Crippen LogP contribution in [0.3, 0.4) is 0 Å². The molecule has 2 heterocycles. The van der Waals surface area contributed by atoms with Crippen LogP contribution in [0.2, 0.25) is 0 Å². The van der Waals surface area contributed by atoms with Crippen LogP contribution in [0, 0.1) is 0 Å². The number of carbonyl (C=O) groups is 2. The van der Waals surface area contributed by atoms with E-state index >= 15 is 0 Å². The summed E-state index contributed by atoms with van der Waals surface area (Å²) >= 11 is 0. The van der Waals surface area contributed by atoms with Crippen LogP contribution in [0.15, 0.2) is 48.6 Å². The van der Waals surface area contributed by atoms with Crippen LogP contribution in [0.5, 0.6) is 0 Å². The number of para-hydroxylation sites is 1. The van der Waals surface area contributed by atoms with Gasteiger partial charge in [0.15, 0.2) is 5.78 Å². The third-order valence-electron chi connectivity index (χ3n) is 4.04. The number of aromatic nitrogens is 1. The summed E-state index contributed by atoms with van der Waals surface area (Å²) < 4.78 is 0. The van der Waals surface area contributed by atoms with Crippen molar-refractivity contribution < 1.29 is 9.59 Å². The Labute approximate surface area is 135 Å². The minimum absolute atomic E-state index is 0.0537. The van der Waals surface area contributed by atoms with E-state index in [-0.39, 0.29) is 11.7 Å². The van der Waals surface area contributed by atoms with E-state index in [2.05, 4.69) is 11.6 Å². The molecule has 0 spiro atoms. The fraction of sp³-hybridized carbons (Fsp3) is 0.211. The smallest absolute Gasteiger partial charge is 0.254 e. The van der Waals surface area contributed by atoms with E-state index in [0.29, 0.717) is 24.2 Å². The number of nitrogens with zero attached hydrogens (tertiary/aromatic N) is 2. The van der Waals surface area contributed by atoms with Crippen LogP contribution in [0.4, 0.5) is 0 Å². The second-order valence-electron chi connectivity index (χ2n) is 5.67. The van der Waals surface area contributed by atoms with E-state index in [9.17, 15) is 9.59 Å². The minimum Gasteiger partial charge on any atom is -0.303 e. The lowest BCUT2D eigenvalue weighted by atomic mass is 10.1. The zero-order valence-corrected chi connectivity index (χ0v) is 13.3. The molecule has 4 heteroatoms. The second kappa shape index (κ2) is 5.80. The van der Waals surface area contributed by atoms with Gasteiger partial charge in [0.2, 0.25) is 0 Å².